The second kappa shape index (κ2) is 9.15. The highest BCUT2D eigenvalue weighted by Crippen LogP contribution is 2.16. The summed E-state index contributed by atoms with van der Waals surface area (Å²) in [4.78, 5) is 31.1. The second-order valence-corrected chi connectivity index (χ2v) is 7.17. The van der Waals surface area contributed by atoms with Crippen LogP contribution in [0.15, 0.2) is 67.0 Å². The summed E-state index contributed by atoms with van der Waals surface area (Å²) in [6.07, 6.45) is 4.24. The zero-order valence-electron chi connectivity index (χ0n) is 17.0. The first-order valence-corrected chi connectivity index (χ1v) is 9.57. The summed E-state index contributed by atoms with van der Waals surface area (Å²) in [7, 11) is 1.77. The number of carbonyl (C=O) groups is 2. The predicted octanol–water partition coefficient (Wildman–Crippen LogP) is 4.27. The number of rotatable bonds is 6. The van der Waals surface area contributed by atoms with Gasteiger partial charge in [0.05, 0.1) is 0 Å². The van der Waals surface area contributed by atoms with Gasteiger partial charge in [-0.15, -0.1) is 0 Å². The minimum absolute atomic E-state index is 0.111. The van der Waals surface area contributed by atoms with Gasteiger partial charge in [-0.3, -0.25) is 14.6 Å². The molecule has 1 N–H and O–H groups in total. The maximum Gasteiger partial charge on any atom is 0.255 e. The van der Waals surface area contributed by atoms with Crippen LogP contribution in [-0.2, 0) is 6.42 Å². The quantitative estimate of drug-likeness (QED) is 0.687. The van der Waals surface area contributed by atoms with Crippen molar-refractivity contribution in [3.63, 3.8) is 0 Å². The lowest BCUT2D eigenvalue weighted by atomic mass is 10.1. The normalized spacial score (nSPS) is 10.4. The van der Waals surface area contributed by atoms with E-state index in [1.54, 1.807) is 48.6 Å². The van der Waals surface area contributed by atoms with Gasteiger partial charge in [0.2, 0.25) is 0 Å². The van der Waals surface area contributed by atoms with E-state index in [1.165, 1.54) is 5.56 Å². The fourth-order valence-corrected chi connectivity index (χ4v) is 2.98. The van der Waals surface area contributed by atoms with Crippen molar-refractivity contribution in [2.45, 2.75) is 20.3 Å². The minimum Gasteiger partial charge on any atom is -0.341 e. The van der Waals surface area contributed by atoms with Crippen molar-refractivity contribution in [3.05, 3.63) is 94.8 Å². The topological polar surface area (TPSA) is 62.3 Å². The average molecular weight is 387 g/mol. The zero-order chi connectivity index (χ0) is 20.8. The summed E-state index contributed by atoms with van der Waals surface area (Å²) in [6, 6.07) is 16.5. The van der Waals surface area contributed by atoms with Crippen LogP contribution < -0.4 is 5.32 Å². The molecule has 0 unspecified atom stereocenters. The molecule has 2 amide bonds. The lowest BCUT2D eigenvalue weighted by Crippen LogP contribution is -2.29. The van der Waals surface area contributed by atoms with E-state index < -0.39 is 0 Å². The summed E-state index contributed by atoms with van der Waals surface area (Å²) < 4.78 is 0. The first-order valence-electron chi connectivity index (χ1n) is 9.57. The monoisotopic (exact) mass is 387 g/mol. The van der Waals surface area contributed by atoms with Crippen molar-refractivity contribution in [1.82, 2.24) is 9.88 Å². The van der Waals surface area contributed by atoms with Gasteiger partial charge in [-0.1, -0.05) is 12.1 Å². The number of aryl methyl sites for hydroxylation is 2. The van der Waals surface area contributed by atoms with E-state index >= 15 is 0 Å². The lowest BCUT2D eigenvalue weighted by molar-refractivity contribution is 0.0796. The summed E-state index contributed by atoms with van der Waals surface area (Å²) in [5.74, 6) is -0.345. The number of benzene rings is 2. The van der Waals surface area contributed by atoms with Crippen LogP contribution in [0.1, 0.15) is 37.4 Å². The van der Waals surface area contributed by atoms with Gasteiger partial charge in [0.15, 0.2) is 0 Å². The minimum atomic E-state index is -0.234. The summed E-state index contributed by atoms with van der Waals surface area (Å²) in [5, 5.41) is 2.90. The molecule has 2 aromatic carbocycles. The number of carbonyl (C=O) groups excluding carboxylic acids is 2. The Morgan fingerprint density at radius 2 is 1.66 bits per heavy atom. The zero-order valence-corrected chi connectivity index (χ0v) is 17.0. The van der Waals surface area contributed by atoms with E-state index in [9.17, 15) is 9.59 Å². The largest absolute Gasteiger partial charge is 0.341 e. The molecule has 0 saturated heterocycles. The molecule has 0 atom stereocenters. The fourth-order valence-electron chi connectivity index (χ4n) is 2.98. The van der Waals surface area contributed by atoms with Gasteiger partial charge in [0.1, 0.15) is 0 Å². The number of hydrogen-bond donors (Lipinski definition) is 1. The molecule has 0 fully saturated rings. The molecule has 0 spiro atoms. The number of amides is 2. The van der Waals surface area contributed by atoms with E-state index in [1.807, 2.05) is 44.2 Å². The Morgan fingerprint density at radius 1 is 0.931 bits per heavy atom. The molecule has 148 valence electrons. The molecule has 3 aromatic rings. The number of pyridine rings is 1. The fraction of sp³-hybridized carbons (Fsp3) is 0.208. The molecule has 3 rings (SSSR count). The Morgan fingerprint density at radius 3 is 2.38 bits per heavy atom. The molecule has 29 heavy (non-hydrogen) atoms. The molecule has 0 aliphatic heterocycles. The molecule has 5 nitrogen and oxygen atoms in total. The van der Waals surface area contributed by atoms with Crippen molar-refractivity contribution in [1.29, 1.82) is 0 Å². The molecule has 0 aliphatic rings. The standard InChI is InChI=1S/C24H25N3O2/c1-17-7-8-22(15-18(17)2)26-23(28)20-5-4-6-21(16-20)24(29)27(3)14-11-19-9-12-25-13-10-19/h4-10,12-13,15-16H,11,14H2,1-3H3,(H,26,28). The number of nitrogens with one attached hydrogen (secondary N) is 1. The number of nitrogens with zero attached hydrogens (tertiary/aromatic N) is 2. The van der Waals surface area contributed by atoms with Crippen LogP contribution in [0.3, 0.4) is 0 Å². The molecule has 0 aliphatic carbocycles. The average Bonchev–Trinajstić information content (AvgIpc) is 2.75. The van der Waals surface area contributed by atoms with Crippen molar-refractivity contribution < 1.29 is 9.59 Å². The first kappa shape index (κ1) is 20.3. The summed E-state index contributed by atoms with van der Waals surface area (Å²) >= 11 is 0. The molecule has 0 bridgehead atoms. The smallest absolute Gasteiger partial charge is 0.255 e. The third kappa shape index (κ3) is 5.29. The Hall–Kier alpha value is -3.47. The number of aromatic nitrogens is 1. The van der Waals surface area contributed by atoms with Gasteiger partial charge in [0, 0.05) is 42.8 Å². The Labute approximate surface area is 171 Å². The molecule has 0 saturated carbocycles. The Kier molecular flexibility index (Phi) is 6.39. The number of likely N-dealkylation sites (N-methyl/N-ethyl adjacent to an activating group) is 1. The van der Waals surface area contributed by atoms with E-state index in [0.29, 0.717) is 17.7 Å². The first-order chi connectivity index (χ1) is 13.9. The summed E-state index contributed by atoms with van der Waals surface area (Å²) in [6.45, 7) is 4.62. The highest BCUT2D eigenvalue weighted by Gasteiger charge is 2.14. The maximum atomic E-state index is 12.8. The molecule has 0 radical (unpaired) electrons. The van der Waals surface area contributed by atoms with Crippen LogP contribution in [0.4, 0.5) is 5.69 Å². The van der Waals surface area contributed by atoms with E-state index in [2.05, 4.69) is 10.3 Å². The number of anilines is 1. The van der Waals surface area contributed by atoms with Crippen LogP contribution in [0, 0.1) is 13.8 Å². The highest BCUT2D eigenvalue weighted by molar-refractivity contribution is 6.06. The third-order valence-corrected chi connectivity index (χ3v) is 4.97. The second-order valence-electron chi connectivity index (χ2n) is 7.17. The van der Waals surface area contributed by atoms with E-state index in [-0.39, 0.29) is 11.8 Å². The molecular formula is C24H25N3O2. The van der Waals surface area contributed by atoms with Gasteiger partial charge in [-0.05, 0) is 79.4 Å². The van der Waals surface area contributed by atoms with Gasteiger partial charge in [-0.25, -0.2) is 0 Å². The SMILES string of the molecule is Cc1ccc(NC(=O)c2cccc(C(=O)N(C)CCc3ccncc3)c2)cc1C. The molecule has 1 heterocycles. The van der Waals surface area contributed by atoms with Crippen molar-refractivity contribution >= 4 is 17.5 Å². The lowest BCUT2D eigenvalue weighted by Gasteiger charge is -2.17. The Bertz CT molecular complexity index is 1020. The van der Waals surface area contributed by atoms with Crippen molar-refractivity contribution in [3.8, 4) is 0 Å². The number of hydrogen-bond acceptors (Lipinski definition) is 3. The van der Waals surface area contributed by atoms with Crippen molar-refractivity contribution in [2.24, 2.45) is 0 Å². The Balaban J connectivity index is 1.66. The highest BCUT2D eigenvalue weighted by atomic mass is 16.2. The van der Waals surface area contributed by atoms with Crippen LogP contribution >= 0.6 is 0 Å². The summed E-state index contributed by atoms with van der Waals surface area (Å²) in [5.41, 5.74) is 5.10. The van der Waals surface area contributed by atoms with Gasteiger partial charge in [-0.2, -0.15) is 0 Å². The molecular weight excluding hydrogens is 362 g/mol. The van der Waals surface area contributed by atoms with Crippen molar-refractivity contribution in [2.75, 3.05) is 18.9 Å². The molecule has 1 aromatic heterocycles. The van der Waals surface area contributed by atoms with E-state index in [4.69, 9.17) is 0 Å². The van der Waals surface area contributed by atoms with Gasteiger partial charge >= 0.3 is 0 Å². The van der Waals surface area contributed by atoms with E-state index in [0.717, 1.165) is 23.2 Å². The van der Waals surface area contributed by atoms with Crippen LogP contribution in [-0.4, -0.2) is 35.3 Å². The predicted molar refractivity (Wildman–Crippen MR) is 115 cm³/mol. The van der Waals surface area contributed by atoms with Crippen LogP contribution in [0.5, 0.6) is 0 Å². The third-order valence-electron chi connectivity index (χ3n) is 4.97. The van der Waals surface area contributed by atoms with Gasteiger partial charge < -0.3 is 10.2 Å². The maximum absolute atomic E-state index is 12.8. The van der Waals surface area contributed by atoms with Crippen LogP contribution in [0.25, 0.3) is 0 Å². The molecule has 5 heteroatoms. The van der Waals surface area contributed by atoms with Gasteiger partial charge in [0.25, 0.3) is 11.8 Å². The van der Waals surface area contributed by atoms with Crippen LogP contribution in [0.2, 0.25) is 0 Å².